The molecule has 0 atom stereocenters. The lowest BCUT2D eigenvalue weighted by Gasteiger charge is -2.33. The van der Waals surface area contributed by atoms with Crippen LogP contribution in [-0.2, 0) is 20.9 Å². The molecular formula is C26H31NO5. The second-order valence-electron chi connectivity index (χ2n) is 8.78. The van der Waals surface area contributed by atoms with E-state index in [9.17, 15) is 9.59 Å². The number of hydrogen-bond donors (Lipinski definition) is 0. The Morgan fingerprint density at radius 1 is 1.00 bits per heavy atom. The Bertz CT molecular complexity index is 907. The Balaban J connectivity index is 1.40. The van der Waals surface area contributed by atoms with Gasteiger partial charge < -0.3 is 19.1 Å². The Hall–Kier alpha value is -3.28. The third-order valence-corrected chi connectivity index (χ3v) is 4.92. The van der Waals surface area contributed by atoms with E-state index >= 15 is 0 Å². The summed E-state index contributed by atoms with van der Waals surface area (Å²) in [6.45, 7) is 7.07. The highest BCUT2D eigenvalue weighted by atomic mass is 16.6. The number of benzene rings is 2. The van der Waals surface area contributed by atoms with Gasteiger partial charge >= 0.3 is 12.1 Å². The zero-order chi connectivity index (χ0) is 23.0. The van der Waals surface area contributed by atoms with Gasteiger partial charge in [0.25, 0.3) is 0 Å². The molecule has 0 bridgehead atoms. The number of likely N-dealkylation sites (tertiary alicyclic amines) is 1. The first kappa shape index (κ1) is 23.4. The first-order valence-corrected chi connectivity index (χ1v) is 10.9. The molecule has 1 amide bonds. The van der Waals surface area contributed by atoms with Gasteiger partial charge in [0.05, 0.1) is 0 Å². The maximum atomic E-state index is 12.2. The predicted molar refractivity (Wildman–Crippen MR) is 123 cm³/mol. The molecule has 170 valence electrons. The third-order valence-electron chi connectivity index (χ3n) is 4.92. The van der Waals surface area contributed by atoms with Gasteiger partial charge in [-0.2, -0.15) is 0 Å². The number of nitrogens with zero attached hydrogens (tertiary/aromatic N) is 1. The highest BCUT2D eigenvalue weighted by Gasteiger charge is 2.28. The van der Waals surface area contributed by atoms with Crippen molar-refractivity contribution in [1.29, 1.82) is 0 Å². The minimum Gasteiger partial charge on any atom is -0.489 e. The third kappa shape index (κ3) is 7.76. The zero-order valence-electron chi connectivity index (χ0n) is 19.0. The minimum atomic E-state index is -0.516. The number of carbonyl (C=O) groups excluding carboxylic acids is 2. The average Bonchev–Trinajstić information content (AvgIpc) is 2.77. The number of ether oxygens (including phenoxy) is 3. The quantitative estimate of drug-likeness (QED) is 0.458. The number of piperidine rings is 1. The molecule has 1 fully saturated rings. The summed E-state index contributed by atoms with van der Waals surface area (Å²) in [6.07, 6.45) is 3.84. The molecule has 0 N–H and O–H groups in total. The molecule has 6 nitrogen and oxygen atoms in total. The maximum absolute atomic E-state index is 12.2. The zero-order valence-corrected chi connectivity index (χ0v) is 19.0. The molecule has 1 saturated heterocycles. The summed E-state index contributed by atoms with van der Waals surface area (Å²) < 4.78 is 16.7. The van der Waals surface area contributed by atoms with Crippen LogP contribution < -0.4 is 4.74 Å². The van der Waals surface area contributed by atoms with Crippen LogP contribution in [0.25, 0.3) is 6.08 Å². The molecule has 2 aromatic rings. The van der Waals surface area contributed by atoms with Gasteiger partial charge in [0.1, 0.15) is 24.1 Å². The topological polar surface area (TPSA) is 65.1 Å². The lowest BCUT2D eigenvalue weighted by Crippen LogP contribution is -2.43. The van der Waals surface area contributed by atoms with Crippen molar-refractivity contribution in [3.63, 3.8) is 0 Å². The molecule has 6 heteroatoms. The fourth-order valence-corrected chi connectivity index (χ4v) is 3.27. The molecule has 3 rings (SSSR count). The number of rotatable bonds is 6. The van der Waals surface area contributed by atoms with Crippen molar-refractivity contribution in [2.75, 3.05) is 13.1 Å². The monoisotopic (exact) mass is 437 g/mol. The summed E-state index contributed by atoms with van der Waals surface area (Å²) in [5.41, 5.74) is 1.47. The second-order valence-corrected chi connectivity index (χ2v) is 8.78. The molecule has 0 aromatic heterocycles. The first-order chi connectivity index (χ1) is 15.3. The molecule has 2 aromatic carbocycles. The van der Waals surface area contributed by atoms with E-state index in [-0.39, 0.29) is 18.2 Å². The Morgan fingerprint density at radius 3 is 2.28 bits per heavy atom. The van der Waals surface area contributed by atoms with Crippen molar-refractivity contribution in [2.24, 2.45) is 0 Å². The lowest BCUT2D eigenvalue weighted by molar-refractivity contribution is -0.144. The summed E-state index contributed by atoms with van der Waals surface area (Å²) >= 11 is 0. The summed E-state index contributed by atoms with van der Waals surface area (Å²) in [5, 5.41) is 0. The van der Waals surface area contributed by atoms with Crippen molar-refractivity contribution in [3.05, 3.63) is 71.8 Å². The van der Waals surface area contributed by atoms with Gasteiger partial charge in [0.15, 0.2) is 0 Å². The minimum absolute atomic E-state index is 0.195. The van der Waals surface area contributed by atoms with Crippen molar-refractivity contribution in [3.8, 4) is 5.75 Å². The van der Waals surface area contributed by atoms with Crippen LogP contribution in [0, 0.1) is 0 Å². The SMILES string of the molecule is CC(C)(C)OC(=O)N1CCC(OC(=O)/C=C/c2ccc(OCc3ccccc3)cc2)CC1. The number of hydrogen-bond acceptors (Lipinski definition) is 5. The van der Waals surface area contributed by atoms with Crippen LogP contribution in [0.1, 0.15) is 44.7 Å². The Labute approximate surface area is 189 Å². The van der Waals surface area contributed by atoms with E-state index in [0.29, 0.717) is 32.5 Å². The smallest absolute Gasteiger partial charge is 0.410 e. The highest BCUT2D eigenvalue weighted by molar-refractivity contribution is 5.87. The van der Waals surface area contributed by atoms with E-state index in [1.54, 1.807) is 11.0 Å². The molecule has 1 heterocycles. The average molecular weight is 438 g/mol. The fourth-order valence-electron chi connectivity index (χ4n) is 3.27. The maximum Gasteiger partial charge on any atom is 0.410 e. The van der Waals surface area contributed by atoms with Crippen LogP contribution in [-0.4, -0.2) is 41.8 Å². The van der Waals surface area contributed by atoms with E-state index in [1.165, 1.54) is 6.08 Å². The highest BCUT2D eigenvalue weighted by Crippen LogP contribution is 2.18. The Morgan fingerprint density at radius 2 is 1.66 bits per heavy atom. The van der Waals surface area contributed by atoms with E-state index in [0.717, 1.165) is 16.9 Å². The van der Waals surface area contributed by atoms with Crippen LogP contribution in [0.4, 0.5) is 4.79 Å². The summed E-state index contributed by atoms with van der Waals surface area (Å²) in [6, 6.07) is 17.5. The van der Waals surface area contributed by atoms with Gasteiger partial charge in [-0.25, -0.2) is 9.59 Å². The predicted octanol–water partition coefficient (Wildman–Crippen LogP) is 5.22. The van der Waals surface area contributed by atoms with Gasteiger partial charge in [-0.05, 0) is 50.1 Å². The van der Waals surface area contributed by atoms with Crippen molar-refractivity contribution in [1.82, 2.24) is 4.90 Å². The molecular weight excluding hydrogens is 406 g/mol. The van der Waals surface area contributed by atoms with Crippen LogP contribution in [0.2, 0.25) is 0 Å². The molecule has 0 saturated carbocycles. The van der Waals surface area contributed by atoms with Crippen molar-refractivity contribution >= 4 is 18.1 Å². The molecule has 1 aliphatic rings. The van der Waals surface area contributed by atoms with Crippen LogP contribution in [0.5, 0.6) is 5.75 Å². The Kier molecular flexibility index (Phi) is 7.92. The van der Waals surface area contributed by atoms with Gasteiger partial charge in [0, 0.05) is 32.0 Å². The first-order valence-electron chi connectivity index (χ1n) is 10.9. The fraction of sp³-hybridized carbons (Fsp3) is 0.385. The van der Waals surface area contributed by atoms with E-state index in [1.807, 2.05) is 75.4 Å². The van der Waals surface area contributed by atoms with Gasteiger partial charge in [-0.1, -0.05) is 42.5 Å². The van der Waals surface area contributed by atoms with Gasteiger partial charge in [0.2, 0.25) is 0 Å². The number of carbonyl (C=O) groups is 2. The van der Waals surface area contributed by atoms with E-state index in [2.05, 4.69) is 0 Å². The second kappa shape index (κ2) is 10.8. The number of amides is 1. The molecule has 0 aliphatic carbocycles. The summed E-state index contributed by atoms with van der Waals surface area (Å²) in [4.78, 5) is 25.9. The van der Waals surface area contributed by atoms with Gasteiger partial charge in [-0.15, -0.1) is 0 Å². The van der Waals surface area contributed by atoms with E-state index < -0.39 is 5.60 Å². The summed E-state index contributed by atoms with van der Waals surface area (Å²) in [5.74, 6) is 0.385. The molecule has 0 radical (unpaired) electrons. The molecule has 32 heavy (non-hydrogen) atoms. The van der Waals surface area contributed by atoms with Crippen molar-refractivity contribution in [2.45, 2.75) is 51.9 Å². The van der Waals surface area contributed by atoms with Crippen molar-refractivity contribution < 1.29 is 23.8 Å². The van der Waals surface area contributed by atoms with Crippen LogP contribution >= 0.6 is 0 Å². The lowest BCUT2D eigenvalue weighted by atomic mass is 10.1. The summed E-state index contributed by atoms with van der Waals surface area (Å²) in [7, 11) is 0. The van der Waals surface area contributed by atoms with Crippen LogP contribution in [0.15, 0.2) is 60.7 Å². The molecule has 0 unspecified atom stereocenters. The normalized spacial score (nSPS) is 14.9. The molecule has 1 aliphatic heterocycles. The van der Waals surface area contributed by atoms with Gasteiger partial charge in [-0.3, -0.25) is 0 Å². The molecule has 0 spiro atoms. The largest absolute Gasteiger partial charge is 0.489 e. The van der Waals surface area contributed by atoms with Crippen LogP contribution in [0.3, 0.4) is 0 Å². The number of esters is 1. The van der Waals surface area contributed by atoms with E-state index in [4.69, 9.17) is 14.2 Å². The standard InChI is InChI=1S/C26H31NO5/c1-26(2,3)32-25(29)27-17-15-23(16-18-27)31-24(28)14-11-20-9-12-22(13-10-20)30-19-21-7-5-4-6-8-21/h4-14,23H,15-19H2,1-3H3/b14-11+.